The first-order valence-electron chi connectivity index (χ1n) is 6.62. The standard InChI is InChI=1S/C13H20BrN3S/c1-2-7-18-8-10-16-12(9-5-3-4-6-9)11(14)13(15)17-10/h9H,2-8H2,1H3,(H2,15,16,17). The van der Waals surface area contributed by atoms with Crippen LogP contribution in [-0.4, -0.2) is 15.7 Å². The molecular weight excluding hydrogens is 310 g/mol. The molecule has 100 valence electrons. The van der Waals surface area contributed by atoms with Crippen LogP contribution in [0.5, 0.6) is 0 Å². The summed E-state index contributed by atoms with van der Waals surface area (Å²) >= 11 is 5.43. The Morgan fingerprint density at radius 1 is 1.33 bits per heavy atom. The van der Waals surface area contributed by atoms with Crippen LogP contribution in [0.25, 0.3) is 0 Å². The maximum absolute atomic E-state index is 5.99. The molecule has 18 heavy (non-hydrogen) atoms. The zero-order chi connectivity index (χ0) is 13.0. The van der Waals surface area contributed by atoms with Gasteiger partial charge >= 0.3 is 0 Å². The van der Waals surface area contributed by atoms with Crippen LogP contribution in [0, 0.1) is 0 Å². The highest BCUT2D eigenvalue weighted by Gasteiger charge is 2.23. The van der Waals surface area contributed by atoms with Gasteiger partial charge in [-0.1, -0.05) is 19.8 Å². The van der Waals surface area contributed by atoms with Gasteiger partial charge in [-0.25, -0.2) is 9.97 Å². The van der Waals surface area contributed by atoms with Crippen LogP contribution in [0.3, 0.4) is 0 Å². The van der Waals surface area contributed by atoms with Gasteiger partial charge in [0.2, 0.25) is 0 Å². The van der Waals surface area contributed by atoms with E-state index in [1.807, 2.05) is 11.8 Å². The van der Waals surface area contributed by atoms with E-state index < -0.39 is 0 Å². The van der Waals surface area contributed by atoms with E-state index in [0.717, 1.165) is 27.5 Å². The summed E-state index contributed by atoms with van der Waals surface area (Å²) in [6, 6.07) is 0. The molecule has 1 aliphatic carbocycles. The molecule has 3 nitrogen and oxygen atoms in total. The van der Waals surface area contributed by atoms with Crippen LogP contribution in [0.1, 0.15) is 56.5 Å². The zero-order valence-corrected chi connectivity index (χ0v) is 13.2. The summed E-state index contributed by atoms with van der Waals surface area (Å²) in [5.74, 6) is 4.07. The van der Waals surface area contributed by atoms with E-state index in [-0.39, 0.29) is 0 Å². The van der Waals surface area contributed by atoms with Gasteiger partial charge < -0.3 is 5.73 Å². The number of halogens is 1. The van der Waals surface area contributed by atoms with E-state index in [1.54, 1.807) is 0 Å². The molecule has 2 rings (SSSR count). The summed E-state index contributed by atoms with van der Waals surface area (Å²) in [5.41, 5.74) is 7.12. The average Bonchev–Trinajstić information content (AvgIpc) is 2.87. The van der Waals surface area contributed by atoms with Gasteiger partial charge in [0.1, 0.15) is 11.6 Å². The summed E-state index contributed by atoms with van der Waals surface area (Å²) in [4.78, 5) is 9.10. The van der Waals surface area contributed by atoms with Crippen molar-refractivity contribution in [3.05, 3.63) is 16.0 Å². The Morgan fingerprint density at radius 2 is 2.06 bits per heavy atom. The Labute approximate surface area is 121 Å². The fraction of sp³-hybridized carbons (Fsp3) is 0.692. The smallest absolute Gasteiger partial charge is 0.141 e. The molecule has 0 spiro atoms. The third-order valence-corrected chi connectivity index (χ3v) is 5.24. The minimum Gasteiger partial charge on any atom is -0.383 e. The summed E-state index contributed by atoms with van der Waals surface area (Å²) in [6.07, 6.45) is 6.27. The number of nitrogens with two attached hydrogens (primary N) is 1. The Hall–Kier alpha value is -0.290. The molecule has 0 aliphatic heterocycles. The molecule has 0 atom stereocenters. The Morgan fingerprint density at radius 3 is 2.72 bits per heavy atom. The van der Waals surface area contributed by atoms with Gasteiger partial charge in [0.15, 0.2) is 0 Å². The van der Waals surface area contributed by atoms with Crippen LogP contribution in [0.4, 0.5) is 5.82 Å². The maximum Gasteiger partial charge on any atom is 0.141 e. The van der Waals surface area contributed by atoms with Crippen molar-refractivity contribution in [3.8, 4) is 0 Å². The van der Waals surface area contributed by atoms with Crippen LogP contribution >= 0.6 is 27.7 Å². The van der Waals surface area contributed by atoms with Crippen molar-refractivity contribution >= 4 is 33.5 Å². The molecule has 2 N–H and O–H groups in total. The van der Waals surface area contributed by atoms with Crippen LogP contribution in [-0.2, 0) is 5.75 Å². The Bertz CT molecular complexity index is 405. The first-order chi connectivity index (χ1) is 8.72. The monoisotopic (exact) mass is 329 g/mol. The highest BCUT2D eigenvalue weighted by atomic mass is 79.9. The first-order valence-corrected chi connectivity index (χ1v) is 8.56. The third kappa shape index (κ3) is 3.38. The average molecular weight is 330 g/mol. The van der Waals surface area contributed by atoms with E-state index in [1.165, 1.54) is 32.1 Å². The molecule has 1 saturated carbocycles. The second-order valence-corrected chi connectivity index (χ2v) is 6.66. The normalized spacial score (nSPS) is 16.3. The summed E-state index contributed by atoms with van der Waals surface area (Å²) in [5, 5.41) is 0. The lowest BCUT2D eigenvalue weighted by Crippen LogP contribution is -2.07. The van der Waals surface area contributed by atoms with Gasteiger partial charge in [0.05, 0.1) is 15.9 Å². The zero-order valence-electron chi connectivity index (χ0n) is 10.8. The van der Waals surface area contributed by atoms with Crippen molar-refractivity contribution in [2.75, 3.05) is 11.5 Å². The summed E-state index contributed by atoms with van der Waals surface area (Å²) in [7, 11) is 0. The molecule has 1 heterocycles. The number of rotatable bonds is 5. The third-order valence-electron chi connectivity index (χ3n) is 3.27. The number of thioether (sulfide) groups is 1. The van der Waals surface area contributed by atoms with Gasteiger partial charge in [0.25, 0.3) is 0 Å². The molecule has 0 bridgehead atoms. The largest absolute Gasteiger partial charge is 0.383 e. The van der Waals surface area contributed by atoms with Crippen LogP contribution < -0.4 is 5.73 Å². The quantitative estimate of drug-likeness (QED) is 0.825. The van der Waals surface area contributed by atoms with E-state index >= 15 is 0 Å². The molecule has 0 unspecified atom stereocenters. The SMILES string of the molecule is CCCSCc1nc(N)c(Br)c(C2CCCC2)n1. The maximum atomic E-state index is 5.99. The van der Waals surface area contributed by atoms with Crippen molar-refractivity contribution in [2.24, 2.45) is 0 Å². The Balaban J connectivity index is 2.16. The lowest BCUT2D eigenvalue weighted by molar-refractivity contribution is 0.684. The van der Waals surface area contributed by atoms with Crippen molar-refractivity contribution < 1.29 is 0 Å². The fourth-order valence-electron chi connectivity index (χ4n) is 2.37. The molecule has 1 aromatic rings. The van der Waals surface area contributed by atoms with Crippen molar-refractivity contribution in [3.63, 3.8) is 0 Å². The van der Waals surface area contributed by atoms with E-state index in [2.05, 4.69) is 27.8 Å². The highest BCUT2D eigenvalue weighted by molar-refractivity contribution is 9.10. The number of hydrogen-bond donors (Lipinski definition) is 1. The number of anilines is 1. The van der Waals surface area contributed by atoms with Crippen molar-refractivity contribution in [1.29, 1.82) is 0 Å². The summed E-state index contributed by atoms with van der Waals surface area (Å²) < 4.78 is 0.915. The molecule has 0 aromatic carbocycles. The molecule has 1 aliphatic rings. The van der Waals surface area contributed by atoms with Crippen LogP contribution in [0.2, 0.25) is 0 Å². The lowest BCUT2D eigenvalue weighted by atomic mass is 10.0. The molecule has 0 amide bonds. The first kappa shape index (κ1) is 14.1. The molecule has 0 saturated heterocycles. The summed E-state index contributed by atoms with van der Waals surface area (Å²) in [6.45, 7) is 2.19. The minimum atomic E-state index is 0.569. The minimum absolute atomic E-state index is 0.569. The molecule has 0 radical (unpaired) electrons. The number of aromatic nitrogens is 2. The molecule has 5 heteroatoms. The number of nitrogen functional groups attached to an aromatic ring is 1. The van der Waals surface area contributed by atoms with E-state index in [0.29, 0.717) is 11.7 Å². The van der Waals surface area contributed by atoms with Gasteiger partial charge in [-0.3, -0.25) is 0 Å². The van der Waals surface area contributed by atoms with Crippen LogP contribution in [0.15, 0.2) is 4.47 Å². The predicted octanol–water partition coefficient (Wildman–Crippen LogP) is 4.12. The van der Waals surface area contributed by atoms with Gasteiger partial charge in [-0.2, -0.15) is 11.8 Å². The number of hydrogen-bond acceptors (Lipinski definition) is 4. The van der Waals surface area contributed by atoms with Gasteiger partial charge in [0, 0.05) is 5.92 Å². The van der Waals surface area contributed by atoms with E-state index in [9.17, 15) is 0 Å². The highest BCUT2D eigenvalue weighted by Crippen LogP contribution is 2.38. The molecule has 1 aromatic heterocycles. The molecular formula is C13H20BrN3S. The Kier molecular flexibility index (Phi) is 5.30. The van der Waals surface area contributed by atoms with Gasteiger partial charge in [-0.05, 0) is 40.9 Å². The second-order valence-electron chi connectivity index (χ2n) is 4.76. The van der Waals surface area contributed by atoms with Crippen molar-refractivity contribution in [2.45, 2.75) is 50.7 Å². The fourth-order valence-corrected chi connectivity index (χ4v) is 3.62. The second kappa shape index (κ2) is 6.75. The predicted molar refractivity (Wildman–Crippen MR) is 81.8 cm³/mol. The van der Waals surface area contributed by atoms with E-state index in [4.69, 9.17) is 10.7 Å². The van der Waals surface area contributed by atoms with Gasteiger partial charge in [-0.15, -0.1) is 0 Å². The topological polar surface area (TPSA) is 51.8 Å². The lowest BCUT2D eigenvalue weighted by Gasteiger charge is -2.13. The molecule has 1 fully saturated rings. The van der Waals surface area contributed by atoms with Crippen molar-refractivity contribution in [1.82, 2.24) is 9.97 Å². The number of nitrogens with zero attached hydrogens (tertiary/aromatic N) is 2.